The van der Waals surface area contributed by atoms with Crippen LogP contribution in [0.4, 0.5) is 4.79 Å². The van der Waals surface area contributed by atoms with Gasteiger partial charge in [-0.1, -0.05) is 30.3 Å². The number of hydrogen-bond donors (Lipinski definition) is 1. The van der Waals surface area contributed by atoms with Crippen LogP contribution < -0.4 is 5.32 Å². The molecule has 0 radical (unpaired) electrons. The number of benzene rings is 1. The van der Waals surface area contributed by atoms with Crippen LogP contribution in [0.25, 0.3) is 5.57 Å². The van der Waals surface area contributed by atoms with Gasteiger partial charge < -0.3 is 19.5 Å². The Morgan fingerprint density at radius 2 is 1.92 bits per heavy atom. The first kappa shape index (κ1) is 20.0. The van der Waals surface area contributed by atoms with Crippen molar-refractivity contribution >= 4 is 17.6 Å². The van der Waals surface area contributed by atoms with Crippen LogP contribution >= 0.6 is 0 Å². The van der Waals surface area contributed by atoms with Crippen molar-refractivity contribution in [2.24, 2.45) is 0 Å². The number of esters is 1. The topological polar surface area (TPSA) is 73.9 Å². The highest BCUT2D eigenvalue weighted by atomic mass is 16.6. The van der Waals surface area contributed by atoms with Gasteiger partial charge in [-0.2, -0.15) is 0 Å². The third-order valence-corrected chi connectivity index (χ3v) is 3.90. The highest BCUT2D eigenvalue weighted by Crippen LogP contribution is 2.22. The third kappa shape index (κ3) is 6.19. The summed E-state index contributed by atoms with van der Waals surface area (Å²) in [5.74, 6) is -0.507. The van der Waals surface area contributed by atoms with Crippen molar-refractivity contribution in [3.05, 3.63) is 41.5 Å². The normalized spacial score (nSPS) is 15.6. The molecule has 0 spiro atoms. The van der Waals surface area contributed by atoms with Crippen LogP contribution in [0.1, 0.15) is 38.3 Å². The minimum absolute atomic E-state index is 0.328. The minimum Gasteiger partial charge on any atom is -0.467 e. The van der Waals surface area contributed by atoms with Gasteiger partial charge in [0.2, 0.25) is 0 Å². The maximum Gasteiger partial charge on any atom is 0.408 e. The summed E-state index contributed by atoms with van der Waals surface area (Å²) in [5.41, 5.74) is 2.70. The third-order valence-electron chi connectivity index (χ3n) is 3.90. The average molecular weight is 361 g/mol. The van der Waals surface area contributed by atoms with Crippen LogP contribution in [0.5, 0.6) is 0 Å². The van der Waals surface area contributed by atoms with Crippen molar-refractivity contribution in [1.29, 1.82) is 0 Å². The average Bonchev–Trinajstić information content (AvgIpc) is 2.60. The molecule has 1 aliphatic heterocycles. The fourth-order valence-electron chi connectivity index (χ4n) is 2.67. The number of rotatable bonds is 5. The lowest BCUT2D eigenvalue weighted by molar-refractivity contribution is -0.143. The van der Waals surface area contributed by atoms with Crippen molar-refractivity contribution in [2.45, 2.75) is 45.3 Å². The van der Waals surface area contributed by atoms with E-state index in [0.29, 0.717) is 13.0 Å². The van der Waals surface area contributed by atoms with Gasteiger partial charge in [0.25, 0.3) is 0 Å². The van der Waals surface area contributed by atoms with E-state index in [-0.39, 0.29) is 0 Å². The molecule has 2 rings (SSSR count). The van der Waals surface area contributed by atoms with E-state index >= 15 is 0 Å². The number of hydrogen-bond acceptors (Lipinski definition) is 5. The van der Waals surface area contributed by atoms with Crippen LogP contribution in [-0.4, -0.2) is 44.0 Å². The molecule has 1 aliphatic rings. The first-order valence-electron chi connectivity index (χ1n) is 8.72. The van der Waals surface area contributed by atoms with Gasteiger partial charge in [0.05, 0.1) is 20.3 Å². The molecule has 0 fully saturated rings. The van der Waals surface area contributed by atoms with Crippen LogP contribution in [0.3, 0.4) is 0 Å². The quantitative estimate of drug-likeness (QED) is 0.816. The van der Waals surface area contributed by atoms with Crippen molar-refractivity contribution < 1.29 is 23.8 Å². The number of alkyl carbamates (subject to hydrolysis) is 1. The molecule has 1 aromatic rings. The van der Waals surface area contributed by atoms with Crippen LogP contribution in [0.2, 0.25) is 0 Å². The SMILES string of the molecule is COC(=O)C(Cc1ccc(C2=CCOCC2)cc1)NC(=O)OC(C)(C)C. The molecule has 1 amide bonds. The molecular formula is C20H27NO5. The Kier molecular flexibility index (Phi) is 6.80. The van der Waals surface area contributed by atoms with Crippen LogP contribution in [0, 0.1) is 0 Å². The highest BCUT2D eigenvalue weighted by molar-refractivity contribution is 5.81. The van der Waals surface area contributed by atoms with Gasteiger partial charge in [-0.25, -0.2) is 9.59 Å². The summed E-state index contributed by atoms with van der Waals surface area (Å²) in [4.78, 5) is 24.0. The summed E-state index contributed by atoms with van der Waals surface area (Å²) in [6.07, 6.45) is 2.66. The molecule has 1 N–H and O–H groups in total. The fraction of sp³-hybridized carbons (Fsp3) is 0.500. The maximum atomic E-state index is 12.0. The first-order valence-corrected chi connectivity index (χ1v) is 8.72. The van der Waals surface area contributed by atoms with Crippen molar-refractivity contribution in [1.82, 2.24) is 5.32 Å². The summed E-state index contributed by atoms with van der Waals surface area (Å²) in [6.45, 7) is 6.68. The Balaban J connectivity index is 2.04. The second kappa shape index (κ2) is 8.85. The highest BCUT2D eigenvalue weighted by Gasteiger charge is 2.25. The lowest BCUT2D eigenvalue weighted by Crippen LogP contribution is -2.45. The first-order chi connectivity index (χ1) is 12.3. The largest absolute Gasteiger partial charge is 0.467 e. The smallest absolute Gasteiger partial charge is 0.408 e. The lowest BCUT2D eigenvalue weighted by Gasteiger charge is -2.22. The zero-order valence-electron chi connectivity index (χ0n) is 15.8. The standard InChI is InChI=1S/C20H27NO5/c1-20(2,3)26-19(23)21-17(18(22)24-4)13-14-5-7-15(8-6-14)16-9-11-25-12-10-16/h5-9,17H,10-13H2,1-4H3,(H,21,23). The zero-order chi connectivity index (χ0) is 19.2. The van der Waals surface area contributed by atoms with Gasteiger partial charge in [-0.3, -0.25) is 0 Å². The Morgan fingerprint density at radius 3 is 2.46 bits per heavy atom. The molecule has 1 aromatic carbocycles. The minimum atomic E-state index is -0.803. The Bertz CT molecular complexity index is 658. The van der Waals surface area contributed by atoms with E-state index in [9.17, 15) is 9.59 Å². The molecule has 1 atom stereocenters. The predicted octanol–water partition coefficient (Wildman–Crippen LogP) is 3.10. The van der Waals surface area contributed by atoms with Gasteiger partial charge >= 0.3 is 12.1 Å². The molecule has 0 bridgehead atoms. The van der Waals surface area contributed by atoms with E-state index < -0.39 is 23.7 Å². The Labute approximate surface area is 154 Å². The molecule has 0 saturated carbocycles. The van der Waals surface area contributed by atoms with E-state index in [1.807, 2.05) is 24.3 Å². The number of carbonyl (C=O) groups is 2. The Hall–Kier alpha value is -2.34. The van der Waals surface area contributed by atoms with E-state index in [1.165, 1.54) is 12.7 Å². The molecule has 26 heavy (non-hydrogen) atoms. The maximum absolute atomic E-state index is 12.0. The van der Waals surface area contributed by atoms with Crippen molar-refractivity contribution in [3.8, 4) is 0 Å². The molecule has 6 nitrogen and oxygen atoms in total. The predicted molar refractivity (Wildman–Crippen MR) is 98.7 cm³/mol. The summed E-state index contributed by atoms with van der Waals surface area (Å²) >= 11 is 0. The molecule has 1 unspecified atom stereocenters. The molecule has 142 valence electrons. The number of nitrogens with one attached hydrogen (secondary N) is 1. The van der Waals surface area contributed by atoms with E-state index in [0.717, 1.165) is 24.2 Å². The summed E-state index contributed by atoms with van der Waals surface area (Å²) in [6, 6.07) is 7.15. The van der Waals surface area contributed by atoms with E-state index in [4.69, 9.17) is 14.2 Å². The van der Waals surface area contributed by atoms with E-state index in [1.54, 1.807) is 20.8 Å². The number of methoxy groups -OCH3 is 1. The lowest BCUT2D eigenvalue weighted by atomic mass is 9.98. The van der Waals surface area contributed by atoms with Crippen molar-refractivity contribution in [2.75, 3.05) is 20.3 Å². The number of ether oxygens (including phenoxy) is 3. The van der Waals surface area contributed by atoms with Gasteiger partial charge in [-0.05, 0) is 43.9 Å². The summed E-state index contributed by atoms with van der Waals surface area (Å²) in [5, 5.41) is 2.59. The van der Waals surface area contributed by atoms with Gasteiger partial charge in [-0.15, -0.1) is 0 Å². The molecule has 0 aromatic heterocycles. The van der Waals surface area contributed by atoms with Crippen molar-refractivity contribution in [3.63, 3.8) is 0 Å². The van der Waals surface area contributed by atoms with Gasteiger partial charge in [0.15, 0.2) is 0 Å². The summed E-state index contributed by atoms with van der Waals surface area (Å²) in [7, 11) is 1.30. The number of carbonyl (C=O) groups excluding carboxylic acids is 2. The fourth-order valence-corrected chi connectivity index (χ4v) is 2.67. The zero-order valence-corrected chi connectivity index (χ0v) is 15.8. The van der Waals surface area contributed by atoms with Crippen LogP contribution in [-0.2, 0) is 25.4 Å². The summed E-state index contributed by atoms with van der Waals surface area (Å²) < 4.78 is 15.4. The van der Waals surface area contributed by atoms with E-state index in [2.05, 4.69) is 11.4 Å². The second-order valence-corrected chi connectivity index (χ2v) is 7.18. The number of amides is 1. The molecule has 1 heterocycles. The second-order valence-electron chi connectivity index (χ2n) is 7.18. The molecule has 0 saturated heterocycles. The van der Waals surface area contributed by atoms with Gasteiger partial charge in [0, 0.05) is 6.42 Å². The van der Waals surface area contributed by atoms with Crippen LogP contribution in [0.15, 0.2) is 30.3 Å². The Morgan fingerprint density at radius 1 is 1.23 bits per heavy atom. The molecular weight excluding hydrogens is 334 g/mol. The monoisotopic (exact) mass is 361 g/mol. The molecule has 6 heteroatoms. The van der Waals surface area contributed by atoms with Gasteiger partial charge in [0.1, 0.15) is 11.6 Å². The molecule has 0 aliphatic carbocycles.